The number of nitrogens with zero attached hydrogens (tertiary/aromatic N) is 3. The molecule has 0 aliphatic heterocycles. The Morgan fingerprint density at radius 2 is 2.09 bits per heavy atom. The van der Waals surface area contributed by atoms with E-state index in [4.69, 9.17) is 9.15 Å². The molecule has 0 atom stereocenters. The summed E-state index contributed by atoms with van der Waals surface area (Å²) in [4.78, 5) is 4.40. The van der Waals surface area contributed by atoms with Gasteiger partial charge in [-0.3, -0.25) is 0 Å². The number of thioether (sulfide) groups is 1. The van der Waals surface area contributed by atoms with Crippen LogP contribution in [0.5, 0.6) is 5.75 Å². The monoisotopic (exact) mass is 347 g/mol. The van der Waals surface area contributed by atoms with Gasteiger partial charge in [-0.25, -0.2) is 4.98 Å². The summed E-state index contributed by atoms with van der Waals surface area (Å²) < 4.78 is 11.3. The van der Waals surface area contributed by atoms with Crippen molar-refractivity contribution in [1.29, 1.82) is 0 Å². The van der Waals surface area contributed by atoms with Crippen molar-refractivity contribution in [2.45, 2.75) is 25.0 Å². The molecular weight excluding hydrogens is 330 g/mol. The number of rotatable bonds is 8. The van der Waals surface area contributed by atoms with Crippen LogP contribution < -0.4 is 4.74 Å². The Morgan fingerprint density at radius 3 is 2.87 bits per heavy atom. The van der Waals surface area contributed by atoms with Crippen molar-refractivity contribution in [2.75, 3.05) is 12.4 Å². The number of ether oxygens (including phenoxy) is 1. The molecule has 7 heteroatoms. The molecule has 0 radical (unpaired) electrons. The SMILES string of the molecule is Cc1nc(Cc2nnc(SCCCOc3ccccc3)o2)cs1. The Bertz CT molecular complexity index is 728. The maximum atomic E-state index is 5.64. The number of benzene rings is 1. The van der Waals surface area contributed by atoms with Gasteiger partial charge in [-0.15, -0.1) is 21.5 Å². The van der Waals surface area contributed by atoms with Crippen molar-refractivity contribution < 1.29 is 9.15 Å². The van der Waals surface area contributed by atoms with E-state index >= 15 is 0 Å². The van der Waals surface area contributed by atoms with Crippen LogP contribution in [0.4, 0.5) is 0 Å². The molecule has 1 aromatic carbocycles. The molecule has 0 spiro atoms. The highest BCUT2D eigenvalue weighted by atomic mass is 32.2. The highest BCUT2D eigenvalue weighted by molar-refractivity contribution is 7.99. The molecule has 0 N–H and O–H groups in total. The second-order valence-electron chi connectivity index (χ2n) is 4.86. The van der Waals surface area contributed by atoms with Crippen LogP contribution in [-0.4, -0.2) is 27.5 Å². The van der Waals surface area contributed by atoms with Gasteiger partial charge < -0.3 is 9.15 Å². The van der Waals surface area contributed by atoms with Crippen LogP contribution in [0, 0.1) is 6.92 Å². The van der Waals surface area contributed by atoms with Gasteiger partial charge in [-0.05, 0) is 25.5 Å². The van der Waals surface area contributed by atoms with Crippen LogP contribution in [0.3, 0.4) is 0 Å². The second kappa shape index (κ2) is 8.12. The summed E-state index contributed by atoms with van der Waals surface area (Å²) in [6.07, 6.45) is 1.51. The minimum atomic E-state index is 0.592. The Kier molecular flexibility index (Phi) is 5.65. The van der Waals surface area contributed by atoms with Crippen LogP contribution in [-0.2, 0) is 6.42 Å². The van der Waals surface area contributed by atoms with Crippen LogP contribution in [0.1, 0.15) is 23.0 Å². The van der Waals surface area contributed by atoms with Gasteiger partial charge in [0.2, 0.25) is 5.89 Å². The van der Waals surface area contributed by atoms with Crippen LogP contribution in [0.25, 0.3) is 0 Å². The lowest BCUT2D eigenvalue weighted by atomic mass is 10.3. The van der Waals surface area contributed by atoms with E-state index in [0.717, 1.165) is 28.6 Å². The van der Waals surface area contributed by atoms with E-state index in [0.29, 0.717) is 24.1 Å². The molecule has 5 nitrogen and oxygen atoms in total. The van der Waals surface area contributed by atoms with Gasteiger partial charge in [0, 0.05) is 11.1 Å². The molecule has 0 unspecified atom stereocenters. The van der Waals surface area contributed by atoms with E-state index in [-0.39, 0.29) is 0 Å². The van der Waals surface area contributed by atoms with E-state index in [1.165, 1.54) is 0 Å². The van der Waals surface area contributed by atoms with Gasteiger partial charge in [-0.2, -0.15) is 0 Å². The summed E-state index contributed by atoms with van der Waals surface area (Å²) in [6.45, 7) is 2.66. The minimum absolute atomic E-state index is 0.592. The Balaban J connectivity index is 1.37. The average Bonchev–Trinajstić information content (AvgIpc) is 3.17. The average molecular weight is 347 g/mol. The second-order valence-corrected chi connectivity index (χ2v) is 6.97. The van der Waals surface area contributed by atoms with Crippen molar-refractivity contribution >= 4 is 23.1 Å². The third kappa shape index (κ3) is 5.07. The third-order valence-corrected chi connectivity index (χ3v) is 4.70. The smallest absolute Gasteiger partial charge is 0.276 e. The summed E-state index contributed by atoms with van der Waals surface area (Å²) in [5.74, 6) is 2.39. The third-order valence-electron chi connectivity index (χ3n) is 2.97. The predicted octanol–water partition coefficient (Wildman–Crippen LogP) is 3.99. The summed E-state index contributed by atoms with van der Waals surface area (Å²) >= 11 is 3.18. The number of thiazole rings is 1. The van der Waals surface area contributed by atoms with Crippen molar-refractivity contribution in [1.82, 2.24) is 15.2 Å². The van der Waals surface area contributed by atoms with E-state index in [2.05, 4.69) is 15.2 Å². The molecule has 0 fully saturated rings. The van der Waals surface area contributed by atoms with Gasteiger partial charge in [0.1, 0.15) is 5.75 Å². The maximum absolute atomic E-state index is 5.64. The van der Waals surface area contributed by atoms with Crippen molar-refractivity contribution in [3.8, 4) is 5.75 Å². The molecule has 0 bridgehead atoms. The zero-order valence-corrected chi connectivity index (χ0v) is 14.4. The quantitative estimate of drug-likeness (QED) is 0.454. The first-order valence-electron chi connectivity index (χ1n) is 7.33. The zero-order chi connectivity index (χ0) is 15.9. The summed E-state index contributed by atoms with van der Waals surface area (Å²) in [5, 5.41) is 11.8. The Hall–Kier alpha value is -1.86. The lowest BCUT2D eigenvalue weighted by molar-refractivity contribution is 0.318. The van der Waals surface area contributed by atoms with Gasteiger partial charge >= 0.3 is 0 Å². The maximum Gasteiger partial charge on any atom is 0.276 e. The number of hydrogen-bond acceptors (Lipinski definition) is 7. The topological polar surface area (TPSA) is 61.0 Å². The number of aryl methyl sites for hydroxylation is 1. The van der Waals surface area contributed by atoms with Crippen molar-refractivity contribution in [3.05, 3.63) is 52.3 Å². The van der Waals surface area contributed by atoms with E-state index in [1.54, 1.807) is 23.1 Å². The van der Waals surface area contributed by atoms with Gasteiger partial charge in [-0.1, -0.05) is 30.0 Å². The van der Waals surface area contributed by atoms with E-state index in [1.807, 2.05) is 42.6 Å². The molecule has 2 aromatic heterocycles. The molecule has 2 heterocycles. The number of aromatic nitrogens is 3. The molecule has 0 saturated heterocycles. The van der Waals surface area contributed by atoms with Gasteiger partial charge in [0.15, 0.2) is 0 Å². The van der Waals surface area contributed by atoms with Gasteiger partial charge in [0.05, 0.1) is 23.7 Å². The standard InChI is InChI=1S/C16H17N3O2S2/c1-12-17-13(11-23-12)10-15-18-19-16(21-15)22-9-5-8-20-14-6-3-2-4-7-14/h2-4,6-7,11H,5,8-10H2,1H3. The number of hydrogen-bond donors (Lipinski definition) is 0. The molecule has 0 aliphatic rings. The molecular formula is C16H17N3O2S2. The summed E-state index contributed by atoms with van der Waals surface area (Å²) in [5.41, 5.74) is 0.976. The van der Waals surface area contributed by atoms with Crippen LogP contribution in [0.2, 0.25) is 0 Å². The zero-order valence-electron chi connectivity index (χ0n) is 12.8. The molecule has 0 saturated carbocycles. The fraction of sp³-hybridized carbons (Fsp3) is 0.312. The predicted molar refractivity (Wildman–Crippen MR) is 91.2 cm³/mol. The molecule has 0 aliphatic carbocycles. The summed E-state index contributed by atoms with van der Waals surface area (Å²) in [7, 11) is 0. The first kappa shape index (κ1) is 16.0. The molecule has 120 valence electrons. The van der Waals surface area contributed by atoms with E-state index < -0.39 is 0 Å². The van der Waals surface area contributed by atoms with Crippen LogP contribution in [0.15, 0.2) is 45.4 Å². The van der Waals surface area contributed by atoms with Crippen molar-refractivity contribution in [2.24, 2.45) is 0 Å². The van der Waals surface area contributed by atoms with Gasteiger partial charge in [0.25, 0.3) is 5.22 Å². The largest absolute Gasteiger partial charge is 0.494 e. The number of para-hydroxylation sites is 1. The van der Waals surface area contributed by atoms with E-state index in [9.17, 15) is 0 Å². The van der Waals surface area contributed by atoms with Crippen molar-refractivity contribution in [3.63, 3.8) is 0 Å². The normalized spacial score (nSPS) is 10.8. The first-order valence-corrected chi connectivity index (χ1v) is 9.20. The fourth-order valence-corrected chi connectivity index (χ4v) is 3.24. The highest BCUT2D eigenvalue weighted by Gasteiger charge is 2.09. The molecule has 23 heavy (non-hydrogen) atoms. The lowest BCUT2D eigenvalue weighted by Gasteiger charge is -2.04. The highest BCUT2D eigenvalue weighted by Crippen LogP contribution is 2.19. The molecule has 3 rings (SSSR count). The molecule has 3 aromatic rings. The summed E-state index contributed by atoms with van der Waals surface area (Å²) in [6, 6.07) is 9.82. The Labute approximate surface area is 143 Å². The minimum Gasteiger partial charge on any atom is -0.494 e. The van der Waals surface area contributed by atoms with Crippen LogP contribution >= 0.6 is 23.1 Å². The fourth-order valence-electron chi connectivity index (χ4n) is 1.94. The molecule has 0 amide bonds. The lowest BCUT2D eigenvalue weighted by Crippen LogP contribution is -1.98. The Morgan fingerprint density at radius 1 is 1.22 bits per heavy atom. The first-order chi connectivity index (χ1) is 11.3.